The van der Waals surface area contributed by atoms with Gasteiger partial charge in [-0.1, -0.05) is 20.8 Å². The molecule has 0 rings (SSSR count). The molecule has 0 unspecified atom stereocenters. The molecule has 0 atom stereocenters. The van der Waals surface area contributed by atoms with Gasteiger partial charge in [-0.2, -0.15) is 0 Å². The average molecular weight is 200 g/mol. The lowest BCUT2D eigenvalue weighted by Gasteiger charge is -2.17. The Morgan fingerprint density at radius 3 is 2.14 bits per heavy atom. The lowest BCUT2D eigenvalue weighted by atomic mass is 9.90. The molecule has 0 aromatic carbocycles. The van der Waals surface area contributed by atoms with Gasteiger partial charge in [-0.15, -0.1) is 0 Å². The van der Waals surface area contributed by atoms with E-state index in [-0.39, 0.29) is 23.8 Å². The van der Waals surface area contributed by atoms with Crippen molar-refractivity contribution in [1.82, 2.24) is 10.6 Å². The van der Waals surface area contributed by atoms with Crippen LogP contribution in [0, 0.1) is 5.41 Å². The molecule has 4 heteroatoms. The van der Waals surface area contributed by atoms with Crippen molar-refractivity contribution in [3.8, 4) is 0 Å². The van der Waals surface area contributed by atoms with E-state index in [2.05, 4.69) is 31.4 Å². The van der Waals surface area contributed by atoms with Crippen LogP contribution in [-0.2, 0) is 9.59 Å². The highest BCUT2D eigenvalue weighted by atomic mass is 16.2. The quantitative estimate of drug-likeness (QED) is 0.701. The van der Waals surface area contributed by atoms with E-state index >= 15 is 0 Å². The Morgan fingerprint density at radius 2 is 1.71 bits per heavy atom. The van der Waals surface area contributed by atoms with Crippen LogP contribution in [0.4, 0.5) is 0 Å². The average Bonchev–Trinajstić information content (AvgIpc) is 2.09. The van der Waals surface area contributed by atoms with Crippen LogP contribution in [0.3, 0.4) is 0 Å². The van der Waals surface area contributed by atoms with Crippen LogP contribution in [0.5, 0.6) is 0 Å². The summed E-state index contributed by atoms with van der Waals surface area (Å²) < 4.78 is 0. The van der Waals surface area contributed by atoms with Gasteiger partial charge in [0.1, 0.15) is 0 Å². The molecule has 0 fully saturated rings. The zero-order chi connectivity index (χ0) is 11.2. The van der Waals surface area contributed by atoms with E-state index in [1.807, 2.05) is 0 Å². The minimum absolute atomic E-state index is 0.0662. The van der Waals surface area contributed by atoms with Gasteiger partial charge in [-0.3, -0.25) is 9.59 Å². The SMILES string of the molecule is CNC(=O)CNC(=O)CCC(C)(C)C. The van der Waals surface area contributed by atoms with E-state index < -0.39 is 0 Å². The Bertz CT molecular complexity index is 207. The van der Waals surface area contributed by atoms with Crippen LogP contribution in [-0.4, -0.2) is 25.4 Å². The van der Waals surface area contributed by atoms with Crippen LogP contribution in [0.15, 0.2) is 0 Å². The Labute approximate surface area is 85.4 Å². The second-order valence-electron chi connectivity index (χ2n) is 4.51. The molecule has 14 heavy (non-hydrogen) atoms. The molecule has 4 nitrogen and oxygen atoms in total. The predicted molar refractivity (Wildman–Crippen MR) is 55.8 cm³/mol. The van der Waals surface area contributed by atoms with Crippen molar-refractivity contribution in [2.75, 3.05) is 13.6 Å². The van der Waals surface area contributed by atoms with Crippen molar-refractivity contribution in [2.24, 2.45) is 5.41 Å². The third-order valence-corrected chi connectivity index (χ3v) is 1.83. The van der Waals surface area contributed by atoms with Crippen molar-refractivity contribution >= 4 is 11.8 Å². The molecule has 2 amide bonds. The first kappa shape index (κ1) is 12.9. The molecule has 0 aliphatic rings. The standard InChI is InChI=1S/C10H20N2O2/c1-10(2,3)6-5-8(13)12-7-9(14)11-4/h5-7H2,1-4H3,(H,11,14)(H,12,13). The fourth-order valence-corrected chi connectivity index (χ4v) is 0.844. The van der Waals surface area contributed by atoms with Crippen LogP contribution in [0.1, 0.15) is 33.6 Å². The Balaban J connectivity index is 3.62. The predicted octanol–water partition coefficient (Wildman–Crippen LogP) is 0.675. The topological polar surface area (TPSA) is 58.2 Å². The fourth-order valence-electron chi connectivity index (χ4n) is 0.844. The third kappa shape index (κ3) is 7.58. The summed E-state index contributed by atoms with van der Waals surface area (Å²) in [6, 6.07) is 0. The van der Waals surface area contributed by atoms with Crippen molar-refractivity contribution in [2.45, 2.75) is 33.6 Å². The molecular weight excluding hydrogens is 180 g/mol. The first-order valence-electron chi connectivity index (χ1n) is 4.82. The summed E-state index contributed by atoms with van der Waals surface area (Å²) in [6.45, 7) is 6.32. The fraction of sp³-hybridized carbons (Fsp3) is 0.800. The van der Waals surface area contributed by atoms with Gasteiger partial charge < -0.3 is 10.6 Å². The molecule has 0 aliphatic heterocycles. The Kier molecular flexibility index (Phi) is 5.20. The molecular formula is C10H20N2O2. The first-order chi connectivity index (χ1) is 6.35. The Hall–Kier alpha value is -1.06. The van der Waals surface area contributed by atoms with Gasteiger partial charge in [0.05, 0.1) is 6.54 Å². The molecule has 0 aromatic heterocycles. The highest BCUT2D eigenvalue weighted by Crippen LogP contribution is 2.19. The summed E-state index contributed by atoms with van der Waals surface area (Å²) >= 11 is 0. The van der Waals surface area contributed by atoms with Gasteiger partial charge in [0.2, 0.25) is 11.8 Å². The van der Waals surface area contributed by atoms with E-state index in [0.717, 1.165) is 6.42 Å². The molecule has 0 aliphatic carbocycles. The van der Waals surface area contributed by atoms with Crippen molar-refractivity contribution < 1.29 is 9.59 Å². The van der Waals surface area contributed by atoms with Crippen molar-refractivity contribution in [1.29, 1.82) is 0 Å². The highest BCUT2D eigenvalue weighted by molar-refractivity contribution is 5.84. The lowest BCUT2D eigenvalue weighted by Crippen LogP contribution is -2.35. The number of nitrogens with one attached hydrogen (secondary N) is 2. The van der Waals surface area contributed by atoms with Crippen LogP contribution in [0.2, 0.25) is 0 Å². The van der Waals surface area contributed by atoms with E-state index in [1.54, 1.807) is 7.05 Å². The second-order valence-corrected chi connectivity index (χ2v) is 4.51. The van der Waals surface area contributed by atoms with E-state index in [1.165, 1.54) is 0 Å². The maximum absolute atomic E-state index is 11.2. The summed E-state index contributed by atoms with van der Waals surface area (Å²) in [4.78, 5) is 22.0. The van der Waals surface area contributed by atoms with E-state index in [9.17, 15) is 9.59 Å². The summed E-state index contributed by atoms with van der Waals surface area (Å²) in [5.41, 5.74) is 0.157. The van der Waals surface area contributed by atoms with Gasteiger partial charge >= 0.3 is 0 Å². The van der Waals surface area contributed by atoms with Gasteiger partial charge in [0, 0.05) is 13.5 Å². The van der Waals surface area contributed by atoms with Gasteiger partial charge in [-0.05, 0) is 11.8 Å². The minimum atomic E-state index is -0.172. The third-order valence-electron chi connectivity index (χ3n) is 1.83. The summed E-state index contributed by atoms with van der Waals surface area (Å²) in [7, 11) is 1.55. The lowest BCUT2D eigenvalue weighted by molar-refractivity contribution is -0.126. The number of hydrogen-bond acceptors (Lipinski definition) is 2. The molecule has 82 valence electrons. The van der Waals surface area contributed by atoms with Crippen LogP contribution >= 0.6 is 0 Å². The number of likely N-dealkylation sites (N-methyl/N-ethyl adjacent to an activating group) is 1. The van der Waals surface area contributed by atoms with Crippen LogP contribution < -0.4 is 10.6 Å². The molecule has 0 bridgehead atoms. The molecule has 0 radical (unpaired) electrons. The maximum Gasteiger partial charge on any atom is 0.239 e. The highest BCUT2D eigenvalue weighted by Gasteiger charge is 2.12. The zero-order valence-electron chi connectivity index (χ0n) is 9.44. The first-order valence-corrected chi connectivity index (χ1v) is 4.82. The number of amides is 2. The molecule has 0 spiro atoms. The molecule has 0 saturated carbocycles. The smallest absolute Gasteiger partial charge is 0.239 e. The van der Waals surface area contributed by atoms with Gasteiger partial charge in [0.15, 0.2) is 0 Å². The zero-order valence-corrected chi connectivity index (χ0v) is 9.44. The molecule has 0 saturated heterocycles. The summed E-state index contributed by atoms with van der Waals surface area (Å²) in [6.07, 6.45) is 1.30. The summed E-state index contributed by atoms with van der Waals surface area (Å²) in [5, 5.41) is 4.99. The molecule has 2 N–H and O–H groups in total. The normalized spacial score (nSPS) is 10.9. The maximum atomic E-state index is 11.2. The van der Waals surface area contributed by atoms with Gasteiger partial charge in [0.25, 0.3) is 0 Å². The van der Waals surface area contributed by atoms with Crippen LogP contribution in [0.25, 0.3) is 0 Å². The van der Waals surface area contributed by atoms with E-state index in [4.69, 9.17) is 0 Å². The molecule has 0 heterocycles. The summed E-state index contributed by atoms with van der Waals surface area (Å²) in [5.74, 6) is -0.238. The minimum Gasteiger partial charge on any atom is -0.358 e. The van der Waals surface area contributed by atoms with Gasteiger partial charge in [-0.25, -0.2) is 0 Å². The number of carbonyl (C=O) groups excluding carboxylic acids is 2. The molecule has 0 aromatic rings. The monoisotopic (exact) mass is 200 g/mol. The van der Waals surface area contributed by atoms with Crippen molar-refractivity contribution in [3.05, 3.63) is 0 Å². The number of hydrogen-bond donors (Lipinski definition) is 2. The van der Waals surface area contributed by atoms with Crippen molar-refractivity contribution in [3.63, 3.8) is 0 Å². The second kappa shape index (κ2) is 5.62. The largest absolute Gasteiger partial charge is 0.358 e. The number of rotatable bonds is 4. The Morgan fingerprint density at radius 1 is 1.14 bits per heavy atom. The number of carbonyl (C=O) groups is 2. The van der Waals surface area contributed by atoms with E-state index in [0.29, 0.717) is 6.42 Å².